The Bertz CT molecular complexity index is 956. The minimum atomic E-state index is -1.14. The van der Waals surface area contributed by atoms with Gasteiger partial charge in [0.25, 0.3) is 5.91 Å². The van der Waals surface area contributed by atoms with Gasteiger partial charge < -0.3 is 14.8 Å². The predicted octanol–water partition coefficient (Wildman–Crippen LogP) is 4.48. The van der Waals surface area contributed by atoms with Crippen molar-refractivity contribution in [1.29, 1.82) is 0 Å². The quantitative estimate of drug-likeness (QED) is 0.639. The summed E-state index contributed by atoms with van der Waals surface area (Å²) in [6.07, 6.45) is 3.37. The molecule has 0 aliphatic rings. The molecule has 3 rings (SSSR count). The van der Waals surface area contributed by atoms with E-state index in [0.29, 0.717) is 24.1 Å². The fraction of sp³-hybridized carbons (Fsp3) is 0.227. The number of carbonyl (C=O) groups excluding carboxylic acids is 1. The number of benzene rings is 2. The van der Waals surface area contributed by atoms with Crippen LogP contribution in [0.15, 0.2) is 60.9 Å². The highest BCUT2D eigenvalue weighted by molar-refractivity contribution is 5.97. The van der Waals surface area contributed by atoms with Crippen molar-refractivity contribution in [1.82, 2.24) is 9.97 Å². The lowest BCUT2D eigenvalue weighted by atomic mass is 10.1. The Kier molecular flexibility index (Phi) is 6.07. The van der Waals surface area contributed by atoms with Gasteiger partial charge in [-0.25, -0.2) is 14.4 Å². The van der Waals surface area contributed by atoms with Gasteiger partial charge in [-0.15, -0.1) is 0 Å². The van der Waals surface area contributed by atoms with Crippen molar-refractivity contribution in [3.05, 3.63) is 66.7 Å². The summed E-state index contributed by atoms with van der Waals surface area (Å²) in [7, 11) is 0. The average molecular weight is 395 g/mol. The van der Waals surface area contributed by atoms with E-state index in [9.17, 15) is 9.18 Å². The Morgan fingerprint density at radius 2 is 1.62 bits per heavy atom. The number of nitrogens with zero attached hydrogens (tertiary/aromatic N) is 2. The Morgan fingerprint density at radius 1 is 1.00 bits per heavy atom. The molecule has 0 aliphatic heterocycles. The summed E-state index contributed by atoms with van der Waals surface area (Å²) in [5.74, 6) is -0.269. The molecule has 0 saturated carbocycles. The molecule has 6 nitrogen and oxygen atoms in total. The van der Waals surface area contributed by atoms with Gasteiger partial charge in [-0.05, 0) is 62.7 Å². The van der Waals surface area contributed by atoms with Crippen molar-refractivity contribution >= 4 is 11.6 Å². The monoisotopic (exact) mass is 395 g/mol. The molecule has 150 valence electrons. The fourth-order valence-electron chi connectivity index (χ4n) is 2.54. The molecule has 2 aromatic carbocycles. The minimum absolute atomic E-state index is 0.320. The van der Waals surface area contributed by atoms with Gasteiger partial charge in [-0.3, -0.25) is 4.79 Å². The van der Waals surface area contributed by atoms with Gasteiger partial charge in [-0.1, -0.05) is 12.1 Å². The second kappa shape index (κ2) is 8.68. The first kappa shape index (κ1) is 20.3. The number of ether oxygens (including phenoxy) is 2. The minimum Gasteiger partial charge on any atom is -0.478 e. The first-order valence-corrected chi connectivity index (χ1v) is 9.18. The van der Waals surface area contributed by atoms with E-state index >= 15 is 0 Å². The SMILES string of the molecule is CCOc1ncc(-c2ccc(NC(=O)C(C)(C)Oc3ccc(F)cc3)cc2)cn1. The molecule has 1 N–H and O–H groups in total. The lowest BCUT2D eigenvalue weighted by Gasteiger charge is -2.25. The standard InChI is InChI=1S/C22H22FN3O3/c1-4-28-21-24-13-16(14-25-21)15-5-9-18(10-6-15)26-20(27)22(2,3)29-19-11-7-17(23)8-12-19/h5-14H,4H2,1-3H3,(H,26,27). The molecule has 1 aromatic heterocycles. The van der Waals surface area contributed by atoms with Crippen LogP contribution < -0.4 is 14.8 Å². The Morgan fingerprint density at radius 3 is 2.21 bits per heavy atom. The maximum atomic E-state index is 13.0. The van der Waals surface area contributed by atoms with E-state index in [-0.39, 0.29) is 11.7 Å². The van der Waals surface area contributed by atoms with Gasteiger partial charge >= 0.3 is 6.01 Å². The molecule has 0 bridgehead atoms. The van der Waals surface area contributed by atoms with E-state index < -0.39 is 5.60 Å². The van der Waals surface area contributed by atoms with E-state index in [1.807, 2.05) is 19.1 Å². The maximum Gasteiger partial charge on any atom is 0.316 e. The summed E-state index contributed by atoms with van der Waals surface area (Å²) < 4.78 is 24.0. The number of halogens is 1. The van der Waals surface area contributed by atoms with Crippen LogP contribution >= 0.6 is 0 Å². The lowest BCUT2D eigenvalue weighted by molar-refractivity contribution is -0.128. The van der Waals surface area contributed by atoms with E-state index in [1.165, 1.54) is 24.3 Å². The normalized spacial score (nSPS) is 11.0. The van der Waals surface area contributed by atoms with Crippen molar-refractivity contribution in [2.45, 2.75) is 26.4 Å². The number of anilines is 1. The third-order valence-corrected chi connectivity index (χ3v) is 4.11. The molecule has 0 aliphatic carbocycles. The molecule has 1 amide bonds. The van der Waals surface area contributed by atoms with Crippen molar-refractivity contribution in [2.75, 3.05) is 11.9 Å². The second-order valence-corrected chi connectivity index (χ2v) is 6.79. The largest absolute Gasteiger partial charge is 0.478 e. The molecule has 1 heterocycles. The zero-order chi connectivity index (χ0) is 20.9. The van der Waals surface area contributed by atoms with Crippen LogP contribution in [-0.4, -0.2) is 28.1 Å². The number of aromatic nitrogens is 2. The highest BCUT2D eigenvalue weighted by Crippen LogP contribution is 2.23. The molecule has 0 fully saturated rings. The van der Waals surface area contributed by atoms with E-state index in [2.05, 4.69) is 15.3 Å². The first-order valence-electron chi connectivity index (χ1n) is 9.18. The Hall–Kier alpha value is -3.48. The summed E-state index contributed by atoms with van der Waals surface area (Å²) in [6, 6.07) is 13.2. The fourth-order valence-corrected chi connectivity index (χ4v) is 2.54. The molecule has 0 saturated heterocycles. The van der Waals surface area contributed by atoms with Crippen LogP contribution in [0.3, 0.4) is 0 Å². The van der Waals surface area contributed by atoms with Crippen LogP contribution in [0.4, 0.5) is 10.1 Å². The van der Waals surface area contributed by atoms with Crippen LogP contribution in [0.1, 0.15) is 20.8 Å². The zero-order valence-corrected chi connectivity index (χ0v) is 16.5. The summed E-state index contributed by atoms with van der Waals surface area (Å²) in [6.45, 7) is 5.68. The number of hydrogen-bond donors (Lipinski definition) is 1. The third-order valence-electron chi connectivity index (χ3n) is 4.11. The van der Waals surface area contributed by atoms with Crippen LogP contribution in [0.2, 0.25) is 0 Å². The van der Waals surface area contributed by atoms with Gasteiger partial charge in [0.05, 0.1) is 6.61 Å². The van der Waals surface area contributed by atoms with Gasteiger partial charge in [0.2, 0.25) is 0 Å². The number of hydrogen-bond acceptors (Lipinski definition) is 5. The lowest BCUT2D eigenvalue weighted by Crippen LogP contribution is -2.42. The highest BCUT2D eigenvalue weighted by Gasteiger charge is 2.30. The summed E-state index contributed by atoms with van der Waals surface area (Å²) in [5.41, 5.74) is 1.24. The summed E-state index contributed by atoms with van der Waals surface area (Å²) >= 11 is 0. The van der Waals surface area contributed by atoms with E-state index in [4.69, 9.17) is 9.47 Å². The molecule has 3 aromatic rings. The molecule has 0 unspecified atom stereocenters. The van der Waals surface area contributed by atoms with Crippen LogP contribution in [0.25, 0.3) is 11.1 Å². The molecule has 7 heteroatoms. The summed E-state index contributed by atoms with van der Waals surface area (Å²) in [4.78, 5) is 20.9. The van der Waals surface area contributed by atoms with Crippen LogP contribution in [-0.2, 0) is 4.79 Å². The van der Waals surface area contributed by atoms with Crippen molar-refractivity contribution in [2.24, 2.45) is 0 Å². The number of nitrogens with one attached hydrogen (secondary N) is 1. The van der Waals surface area contributed by atoms with Gasteiger partial charge in [0, 0.05) is 23.6 Å². The third kappa shape index (κ3) is 5.28. The van der Waals surface area contributed by atoms with Crippen molar-refractivity contribution in [3.8, 4) is 22.9 Å². The smallest absolute Gasteiger partial charge is 0.316 e. The van der Waals surface area contributed by atoms with Gasteiger partial charge in [0.1, 0.15) is 11.6 Å². The Labute approximate surface area is 168 Å². The maximum absolute atomic E-state index is 13.0. The van der Waals surface area contributed by atoms with Crippen LogP contribution in [0, 0.1) is 5.82 Å². The molecule has 0 radical (unpaired) electrons. The average Bonchev–Trinajstić information content (AvgIpc) is 2.71. The van der Waals surface area contributed by atoms with Gasteiger partial charge in [0.15, 0.2) is 5.60 Å². The van der Waals surface area contributed by atoms with E-state index in [1.54, 1.807) is 38.4 Å². The van der Waals surface area contributed by atoms with E-state index in [0.717, 1.165) is 11.1 Å². The number of carbonyl (C=O) groups is 1. The first-order chi connectivity index (χ1) is 13.9. The molecule has 0 spiro atoms. The topological polar surface area (TPSA) is 73.3 Å². The van der Waals surface area contributed by atoms with Crippen molar-refractivity contribution in [3.63, 3.8) is 0 Å². The molecular formula is C22H22FN3O3. The van der Waals surface area contributed by atoms with Crippen LogP contribution in [0.5, 0.6) is 11.8 Å². The predicted molar refractivity (Wildman–Crippen MR) is 108 cm³/mol. The van der Waals surface area contributed by atoms with Crippen molar-refractivity contribution < 1.29 is 18.7 Å². The highest BCUT2D eigenvalue weighted by atomic mass is 19.1. The van der Waals surface area contributed by atoms with Gasteiger partial charge in [-0.2, -0.15) is 0 Å². The Balaban J connectivity index is 1.65. The second-order valence-electron chi connectivity index (χ2n) is 6.79. The summed E-state index contributed by atoms with van der Waals surface area (Å²) in [5, 5.41) is 2.83. The zero-order valence-electron chi connectivity index (χ0n) is 16.5. The number of amides is 1. The molecule has 0 atom stereocenters. The molecule has 29 heavy (non-hydrogen) atoms. The number of rotatable bonds is 7. The molecular weight excluding hydrogens is 373 g/mol.